The van der Waals surface area contributed by atoms with E-state index in [1.165, 1.54) is 0 Å². The van der Waals surface area contributed by atoms with E-state index in [9.17, 15) is 4.57 Å². The van der Waals surface area contributed by atoms with Crippen LogP contribution in [0, 0.1) is 0 Å². The van der Waals surface area contributed by atoms with E-state index in [2.05, 4.69) is 5.16 Å². The van der Waals surface area contributed by atoms with E-state index < -0.39 is 7.60 Å². The van der Waals surface area contributed by atoms with E-state index in [1.54, 1.807) is 13.8 Å². The molecule has 0 aliphatic heterocycles. The van der Waals surface area contributed by atoms with Gasteiger partial charge in [-0.05, 0) is 13.8 Å². The molecule has 5 nitrogen and oxygen atoms in total. The third kappa shape index (κ3) is 4.23. The molecule has 0 fully saturated rings. The van der Waals surface area contributed by atoms with Crippen LogP contribution in [0.4, 0.5) is 0 Å². The van der Waals surface area contributed by atoms with Crippen molar-refractivity contribution in [2.75, 3.05) is 13.2 Å². The number of hydrogen-bond donors (Lipinski definition) is 0. The van der Waals surface area contributed by atoms with Crippen molar-refractivity contribution in [2.45, 2.75) is 46.2 Å². The molecule has 0 aromatic carbocycles. The average molecular weight is 275 g/mol. The number of rotatable bonds is 6. The smallest absolute Gasteiger partial charge is 0.338 e. The highest BCUT2D eigenvalue weighted by atomic mass is 31.2. The zero-order valence-corrected chi connectivity index (χ0v) is 12.6. The minimum absolute atomic E-state index is 0.0943. The minimum Gasteiger partial charge on any atom is -0.360 e. The summed E-state index contributed by atoms with van der Waals surface area (Å²) in [6.07, 6.45) is 0.123. The van der Waals surface area contributed by atoms with E-state index in [4.69, 9.17) is 13.6 Å². The average Bonchev–Trinajstić information content (AvgIpc) is 2.65. The van der Waals surface area contributed by atoms with Crippen molar-refractivity contribution in [1.29, 1.82) is 0 Å². The molecule has 0 spiro atoms. The maximum Gasteiger partial charge on any atom is 0.338 e. The molecule has 104 valence electrons. The lowest BCUT2D eigenvalue weighted by Crippen LogP contribution is -2.11. The second-order valence-corrected chi connectivity index (χ2v) is 7.09. The van der Waals surface area contributed by atoms with E-state index in [0.29, 0.717) is 19.0 Å². The van der Waals surface area contributed by atoms with Crippen LogP contribution in [-0.4, -0.2) is 18.4 Å². The van der Waals surface area contributed by atoms with Gasteiger partial charge in [-0.1, -0.05) is 25.9 Å². The van der Waals surface area contributed by atoms with Gasteiger partial charge in [0.1, 0.15) is 11.9 Å². The summed E-state index contributed by atoms with van der Waals surface area (Å²) in [5, 5.41) is 3.98. The number of nitrogens with zero attached hydrogens (tertiary/aromatic N) is 1. The van der Waals surface area contributed by atoms with Gasteiger partial charge < -0.3 is 13.6 Å². The van der Waals surface area contributed by atoms with Crippen LogP contribution in [0.2, 0.25) is 0 Å². The number of hydrogen-bond acceptors (Lipinski definition) is 5. The summed E-state index contributed by atoms with van der Waals surface area (Å²) < 4.78 is 27.9. The summed E-state index contributed by atoms with van der Waals surface area (Å²) in [5.74, 6) is 0.533. The molecule has 1 aromatic rings. The number of aromatic nitrogens is 1. The lowest BCUT2D eigenvalue weighted by molar-refractivity contribution is 0.216. The molecule has 0 amide bonds. The van der Waals surface area contributed by atoms with Crippen LogP contribution in [0.25, 0.3) is 0 Å². The summed E-state index contributed by atoms with van der Waals surface area (Å²) in [4.78, 5) is 0. The summed E-state index contributed by atoms with van der Waals surface area (Å²) >= 11 is 0. The SMILES string of the molecule is CCOP(=O)(Cc1cc(C(C)(C)C)no1)OCC. The summed E-state index contributed by atoms with van der Waals surface area (Å²) in [7, 11) is -3.11. The molecule has 0 atom stereocenters. The fraction of sp³-hybridized carbons (Fsp3) is 0.750. The topological polar surface area (TPSA) is 61.6 Å². The third-order valence-electron chi connectivity index (χ3n) is 2.33. The Morgan fingerprint density at radius 3 is 2.22 bits per heavy atom. The fourth-order valence-electron chi connectivity index (χ4n) is 1.45. The lowest BCUT2D eigenvalue weighted by Gasteiger charge is -2.15. The zero-order valence-electron chi connectivity index (χ0n) is 11.7. The van der Waals surface area contributed by atoms with Crippen LogP contribution in [0.3, 0.4) is 0 Å². The first-order valence-electron chi connectivity index (χ1n) is 6.15. The monoisotopic (exact) mass is 275 g/mol. The third-order valence-corrected chi connectivity index (χ3v) is 4.33. The Labute approximate surface area is 108 Å². The van der Waals surface area contributed by atoms with E-state index >= 15 is 0 Å². The Kier molecular flexibility index (Phi) is 5.14. The molecule has 1 heterocycles. The lowest BCUT2D eigenvalue weighted by atomic mass is 9.92. The van der Waals surface area contributed by atoms with Gasteiger partial charge in [-0.25, -0.2) is 0 Å². The fourth-order valence-corrected chi connectivity index (χ4v) is 3.03. The molecule has 0 aliphatic rings. The summed E-state index contributed by atoms with van der Waals surface area (Å²) in [6.45, 7) is 10.4. The molecule has 0 radical (unpaired) electrons. The molecule has 1 aromatic heterocycles. The van der Waals surface area contributed by atoms with Crippen molar-refractivity contribution in [3.05, 3.63) is 17.5 Å². The molecule has 0 bridgehead atoms. The normalized spacial score (nSPS) is 12.9. The highest BCUT2D eigenvalue weighted by Gasteiger charge is 2.28. The standard InChI is InChI=1S/C12H22NO4P/c1-6-15-18(14,16-7-2)9-10-8-11(13-17-10)12(3,4)5/h8H,6-7,9H2,1-5H3. The Bertz CT molecular complexity index is 412. The molecule has 0 saturated heterocycles. The maximum atomic E-state index is 12.3. The van der Waals surface area contributed by atoms with E-state index in [0.717, 1.165) is 5.69 Å². The van der Waals surface area contributed by atoms with Gasteiger partial charge in [0.2, 0.25) is 0 Å². The maximum absolute atomic E-state index is 12.3. The van der Waals surface area contributed by atoms with Gasteiger partial charge >= 0.3 is 7.60 Å². The Hall–Kier alpha value is -0.640. The largest absolute Gasteiger partial charge is 0.360 e. The predicted molar refractivity (Wildman–Crippen MR) is 69.8 cm³/mol. The molecule has 0 unspecified atom stereocenters. The van der Waals surface area contributed by atoms with Gasteiger partial charge in [0.05, 0.1) is 18.9 Å². The highest BCUT2D eigenvalue weighted by Crippen LogP contribution is 2.51. The van der Waals surface area contributed by atoms with Crippen molar-refractivity contribution in [2.24, 2.45) is 0 Å². The van der Waals surface area contributed by atoms with Crippen LogP contribution in [0.15, 0.2) is 10.6 Å². The van der Waals surface area contributed by atoms with Crippen molar-refractivity contribution >= 4 is 7.60 Å². The second kappa shape index (κ2) is 6.00. The van der Waals surface area contributed by atoms with Crippen molar-refractivity contribution in [3.63, 3.8) is 0 Å². The van der Waals surface area contributed by atoms with Gasteiger partial charge in [-0.3, -0.25) is 4.57 Å². The van der Waals surface area contributed by atoms with Gasteiger partial charge in [0, 0.05) is 11.5 Å². The molecule has 0 saturated carbocycles. The van der Waals surface area contributed by atoms with Gasteiger partial charge in [-0.15, -0.1) is 0 Å². The van der Waals surface area contributed by atoms with Crippen LogP contribution in [0.5, 0.6) is 0 Å². The van der Waals surface area contributed by atoms with Gasteiger partial charge in [0.25, 0.3) is 0 Å². The van der Waals surface area contributed by atoms with Crippen LogP contribution in [0.1, 0.15) is 46.1 Å². The molecule has 0 N–H and O–H groups in total. The van der Waals surface area contributed by atoms with Crippen molar-refractivity contribution in [3.8, 4) is 0 Å². The Balaban J connectivity index is 2.82. The second-order valence-electron chi connectivity index (χ2n) is 5.03. The highest BCUT2D eigenvalue weighted by molar-refractivity contribution is 7.53. The molecular formula is C12H22NO4P. The quantitative estimate of drug-likeness (QED) is 0.740. The van der Waals surface area contributed by atoms with Gasteiger partial charge in [-0.2, -0.15) is 0 Å². The Morgan fingerprint density at radius 2 is 1.83 bits per heavy atom. The first kappa shape index (κ1) is 15.4. The summed E-state index contributed by atoms with van der Waals surface area (Å²) in [6, 6.07) is 1.81. The van der Waals surface area contributed by atoms with Crippen molar-refractivity contribution < 1.29 is 18.1 Å². The summed E-state index contributed by atoms with van der Waals surface area (Å²) in [5.41, 5.74) is 0.736. The first-order valence-corrected chi connectivity index (χ1v) is 7.87. The minimum atomic E-state index is -3.11. The molecule has 1 rings (SSSR count). The van der Waals surface area contributed by atoms with Crippen LogP contribution < -0.4 is 0 Å². The predicted octanol–water partition coefficient (Wildman–Crippen LogP) is 3.74. The zero-order chi connectivity index (χ0) is 13.8. The Morgan fingerprint density at radius 1 is 1.28 bits per heavy atom. The van der Waals surface area contributed by atoms with E-state index in [-0.39, 0.29) is 11.6 Å². The van der Waals surface area contributed by atoms with Crippen molar-refractivity contribution in [1.82, 2.24) is 5.16 Å². The first-order chi connectivity index (χ1) is 8.30. The molecule has 0 aliphatic carbocycles. The van der Waals surface area contributed by atoms with E-state index in [1.807, 2.05) is 26.8 Å². The van der Waals surface area contributed by atoms with Gasteiger partial charge in [0.15, 0.2) is 0 Å². The van der Waals surface area contributed by atoms with Crippen LogP contribution in [-0.2, 0) is 25.2 Å². The molecule has 18 heavy (non-hydrogen) atoms. The molecule has 6 heteroatoms. The van der Waals surface area contributed by atoms with Crippen LogP contribution >= 0.6 is 7.60 Å². The molecular weight excluding hydrogens is 253 g/mol.